The van der Waals surface area contributed by atoms with Crippen LogP contribution >= 0.6 is 0 Å². The van der Waals surface area contributed by atoms with Crippen molar-refractivity contribution in [3.05, 3.63) is 41.0 Å². The molecular formula is C28H40N4O2. The molecule has 2 N–H and O–H groups in total. The highest BCUT2D eigenvalue weighted by molar-refractivity contribution is 5.92. The van der Waals surface area contributed by atoms with Gasteiger partial charge in [-0.05, 0) is 88.2 Å². The monoisotopic (exact) mass is 464 g/mol. The van der Waals surface area contributed by atoms with Gasteiger partial charge in [0.1, 0.15) is 11.6 Å². The van der Waals surface area contributed by atoms with E-state index in [1.54, 1.807) is 0 Å². The fourth-order valence-corrected chi connectivity index (χ4v) is 6.14. The van der Waals surface area contributed by atoms with Crippen LogP contribution in [0.25, 0.3) is 0 Å². The van der Waals surface area contributed by atoms with Crippen molar-refractivity contribution in [3.8, 4) is 0 Å². The summed E-state index contributed by atoms with van der Waals surface area (Å²) in [6.07, 6.45) is 7.69. The number of amides is 1. The number of aromatic nitrogens is 3. The Bertz CT molecular complexity index is 1030. The van der Waals surface area contributed by atoms with Crippen LogP contribution in [0.15, 0.2) is 18.2 Å². The Morgan fingerprint density at radius 3 is 2.50 bits per heavy atom. The first-order chi connectivity index (χ1) is 16.3. The maximum atomic E-state index is 13.2. The lowest BCUT2D eigenvalue weighted by atomic mass is 9.70. The third-order valence-electron chi connectivity index (χ3n) is 8.18. The number of rotatable bonds is 9. The van der Waals surface area contributed by atoms with Gasteiger partial charge in [0.15, 0.2) is 0 Å². The van der Waals surface area contributed by atoms with Crippen molar-refractivity contribution < 1.29 is 9.90 Å². The van der Waals surface area contributed by atoms with Gasteiger partial charge in [-0.1, -0.05) is 31.5 Å². The SMILES string of the molecule is Cc1ccc(NC(=O)C[C@@H](c2nnc([C@H]3C[C@@H](CC(C)C)C3)n2C2CC2)[C@H]2C[C@H](O)C2)c(C)c1. The van der Waals surface area contributed by atoms with Crippen molar-refractivity contribution in [1.82, 2.24) is 14.8 Å². The van der Waals surface area contributed by atoms with Crippen LogP contribution < -0.4 is 5.32 Å². The number of aliphatic hydroxyl groups excluding tert-OH is 1. The van der Waals surface area contributed by atoms with Gasteiger partial charge in [0, 0.05) is 30.0 Å². The Kier molecular flexibility index (Phi) is 6.54. The summed E-state index contributed by atoms with van der Waals surface area (Å²) in [5.74, 6) is 4.49. The third kappa shape index (κ3) is 4.93. The fraction of sp³-hybridized carbons (Fsp3) is 0.679. The lowest BCUT2D eigenvalue weighted by Gasteiger charge is -2.38. The lowest BCUT2D eigenvalue weighted by molar-refractivity contribution is -0.117. The topological polar surface area (TPSA) is 80.0 Å². The van der Waals surface area contributed by atoms with Gasteiger partial charge in [-0.2, -0.15) is 0 Å². The van der Waals surface area contributed by atoms with E-state index < -0.39 is 0 Å². The van der Waals surface area contributed by atoms with E-state index in [0.717, 1.165) is 47.6 Å². The summed E-state index contributed by atoms with van der Waals surface area (Å²) in [5.41, 5.74) is 3.14. The summed E-state index contributed by atoms with van der Waals surface area (Å²) >= 11 is 0. The Morgan fingerprint density at radius 1 is 1.15 bits per heavy atom. The maximum Gasteiger partial charge on any atom is 0.225 e. The molecule has 3 fully saturated rings. The van der Waals surface area contributed by atoms with Gasteiger partial charge in [0.2, 0.25) is 5.91 Å². The Labute approximate surface area is 203 Å². The number of hydrogen-bond acceptors (Lipinski definition) is 4. The summed E-state index contributed by atoms with van der Waals surface area (Å²) in [5, 5.41) is 22.6. The molecule has 3 saturated carbocycles. The fourth-order valence-electron chi connectivity index (χ4n) is 6.14. The van der Waals surface area contributed by atoms with Crippen LogP contribution in [0.1, 0.15) is 106 Å². The van der Waals surface area contributed by atoms with Gasteiger partial charge in [0.25, 0.3) is 0 Å². The van der Waals surface area contributed by atoms with Crippen molar-refractivity contribution in [3.63, 3.8) is 0 Å². The molecule has 3 aliphatic carbocycles. The van der Waals surface area contributed by atoms with E-state index in [9.17, 15) is 9.90 Å². The Morgan fingerprint density at radius 2 is 1.88 bits per heavy atom. The van der Waals surface area contributed by atoms with E-state index in [-0.39, 0.29) is 23.8 Å². The maximum absolute atomic E-state index is 13.2. The average molecular weight is 465 g/mol. The van der Waals surface area contributed by atoms with E-state index in [2.05, 4.69) is 36.7 Å². The number of aryl methyl sites for hydroxylation is 2. The summed E-state index contributed by atoms with van der Waals surface area (Å²) in [6, 6.07) is 6.60. The second-order valence-corrected chi connectivity index (χ2v) is 11.7. The Balaban J connectivity index is 1.35. The van der Waals surface area contributed by atoms with Crippen LogP contribution in [-0.4, -0.2) is 31.9 Å². The zero-order valence-electron chi connectivity index (χ0n) is 21.1. The van der Waals surface area contributed by atoms with Crippen molar-refractivity contribution in [2.24, 2.45) is 17.8 Å². The molecule has 2 aromatic rings. The molecule has 184 valence electrons. The number of nitrogens with zero attached hydrogens (tertiary/aromatic N) is 3. The van der Waals surface area contributed by atoms with E-state index >= 15 is 0 Å². The number of benzene rings is 1. The molecule has 0 aliphatic heterocycles. The van der Waals surface area contributed by atoms with E-state index in [1.807, 2.05) is 19.1 Å². The second-order valence-electron chi connectivity index (χ2n) is 11.7. The lowest BCUT2D eigenvalue weighted by Crippen LogP contribution is -2.36. The van der Waals surface area contributed by atoms with Gasteiger partial charge in [-0.25, -0.2) is 0 Å². The van der Waals surface area contributed by atoms with E-state index in [1.165, 1.54) is 37.7 Å². The number of aliphatic hydroxyl groups is 1. The van der Waals surface area contributed by atoms with Gasteiger partial charge in [-0.3, -0.25) is 4.79 Å². The van der Waals surface area contributed by atoms with Crippen LogP contribution in [0.3, 0.4) is 0 Å². The minimum atomic E-state index is -0.255. The third-order valence-corrected chi connectivity index (χ3v) is 8.18. The molecule has 6 heteroatoms. The first-order valence-electron chi connectivity index (χ1n) is 13.3. The molecule has 34 heavy (non-hydrogen) atoms. The Hall–Kier alpha value is -2.21. The van der Waals surface area contributed by atoms with E-state index in [0.29, 0.717) is 18.4 Å². The number of carbonyl (C=O) groups excluding carboxylic acids is 1. The van der Waals surface area contributed by atoms with Crippen molar-refractivity contribution in [2.45, 2.75) is 103 Å². The normalized spacial score (nSPS) is 27.2. The summed E-state index contributed by atoms with van der Waals surface area (Å²) in [7, 11) is 0. The number of carbonyl (C=O) groups is 1. The zero-order valence-corrected chi connectivity index (χ0v) is 21.1. The van der Waals surface area contributed by atoms with E-state index in [4.69, 9.17) is 10.2 Å². The summed E-state index contributed by atoms with van der Waals surface area (Å²) in [4.78, 5) is 13.2. The quantitative estimate of drug-likeness (QED) is 0.502. The molecule has 0 spiro atoms. The molecule has 6 nitrogen and oxygen atoms in total. The largest absolute Gasteiger partial charge is 0.393 e. The van der Waals surface area contributed by atoms with Gasteiger partial charge >= 0.3 is 0 Å². The standard InChI is InChI=1S/C28H40N4O2/c1-16(2)9-19-11-21(12-19)27-30-31-28(32(27)22-6-7-22)24(20-13-23(33)14-20)15-26(34)29-25-8-5-17(3)10-18(25)4/h5,8,10,16,19-24,33H,6-7,9,11-15H2,1-4H3,(H,29,34)/t19-,20-,21+,23-,24-/m1/s1. The molecule has 0 bridgehead atoms. The van der Waals surface area contributed by atoms with Crippen LogP contribution in [0.4, 0.5) is 5.69 Å². The molecule has 1 atom stereocenters. The first-order valence-corrected chi connectivity index (χ1v) is 13.3. The van der Waals surface area contributed by atoms with Crippen molar-refractivity contribution in [2.75, 3.05) is 5.32 Å². The molecule has 1 heterocycles. The highest BCUT2D eigenvalue weighted by Gasteiger charge is 2.43. The van der Waals surface area contributed by atoms with Crippen molar-refractivity contribution in [1.29, 1.82) is 0 Å². The highest BCUT2D eigenvalue weighted by Crippen LogP contribution is 2.49. The summed E-state index contributed by atoms with van der Waals surface area (Å²) < 4.78 is 2.41. The predicted molar refractivity (Wildman–Crippen MR) is 134 cm³/mol. The van der Waals surface area contributed by atoms with Crippen LogP contribution in [0.2, 0.25) is 0 Å². The molecule has 1 aromatic heterocycles. The minimum Gasteiger partial charge on any atom is -0.393 e. The molecule has 0 saturated heterocycles. The molecule has 1 aromatic carbocycles. The first kappa shape index (κ1) is 23.5. The smallest absolute Gasteiger partial charge is 0.225 e. The molecule has 0 unspecified atom stereocenters. The number of nitrogens with one attached hydrogen (secondary N) is 1. The molecule has 0 radical (unpaired) electrons. The second kappa shape index (κ2) is 9.44. The molecular weight excluding hydrogens is 424 g/mol. The molecule has 1 amide bonds. The van der Waals surface area contributed by atoms with Crippen LogP contribution in [0.5, 0.6) is 0 Å². The molecule has 3 aliphatic rings. The number of anilines is 1. The molecule has 5 rings (SSSR count). The van der Waals surface area contributed by atoms with Crippen LogP contribution in [0, 0.1) is 31.6 Å². The zero-order chi connectivity index (χ0) is 24.0. The number of hydrogen-bond donors (Lipinski definition) is 2. The van der Waals surface area contributed by atoms with Crippen molar-refractivity contribution >= 4 is 11.6 Å². The average Bonchev–Trinajstić information content (AvgIpc) is 3.47. The van der Waals surface area contributed by atoms with Gasteiger partial charge in [0.05, 0.1) is 6.10 Å². The van der Waals surface area contributed by atoms with Gasteiger partial charge < -0.3 is 15.0 Å². The van der Waals surface area contributed by atoms with Crippen LogP contribution in [-0.2, 0) is 4.79 Å². The highest BCUT2D eigenvalue weighted by atomic mass is 16.3. The predicted octanol–water partition coefficient (Wildman–Crippen LogP) is 5.65. The van der Waals surface area contributed by atoms with Gasteiger partial charge in [-0.15, -0.1) is 10.2 Å². The minimum absolute atomic E-state index is 0.00235. The summed E-state index contributed by atoms with van der Waals surface area (Å²) in [6.45, 7) is 8.70.